The van der Waals surface area contributed by atoms with E-state index in [2.05, 4.69) is 45.0 Å². The van der Waals surface area contributed by atoms with Crippen LogP contribution in [0.2, 0.25) is 0 Å². The van der Waals surface area contributed by atoms with Crippen molar-refractivity contribution in [3.63, 3.8) is 0 Å². The number of carbonyl (C=O) groups is 1. The molecule has 182 valence electrons. The van der Waals surface area contributed by atoms with Crippen LogP contribution in [0.5, 0.6) is 0 Å². The second-order valence-corrected chi connectivity index (χ2v) is 10.1. The Balaban J connectivity index is 1.78. The highest BCUT2D eigenvalue weighted by Crippen LogP contribution is 2.36. The smallest absolute Gasteiger partial charge is 0.232 e. The zero-order valence-corrected chi connectivity index (χ0v) is 21.7. The third kappa shape index (κ3) is 5.50. The van der Waals surface area contributed by atoms with Crippen molar-refractivity contribution >= 4 is 22.9 Å². The highest BCUT2D eigenvalue weighted by atomic mass is 35.5. The molecule has 1 aliphatic carbocycles. The number of allylic oxidation sites excluding steroid dienone is 1. The highest BCUT2D eigenvalue weighted by Gasteiger charge is 2.29. The van der Waals surface area contributed by atoms with E-state index in [9.17, 15) is 4.79 Å². The second kappa shape index (κ2) is 10.8. The summed E-state index contributed by atoms with van der Waals surface area (Å²) in [7, 11) is 0. The van der Waals surface area contributed by atoms with Gasteiger partial charge in [0, 0.05) is 23.5 Å². The fourth-order valence-corrected chi connectivity index (χ4v) is 4.98. The average Bonchev–Trinajstić information content (AvgIpc) is 2.82. The molecule has 0 fully saturated rings. The Morgan fingerprint density at radius 1 is 1.11 bits per heavy atom. The van der Waals surface area contributed by atoms with E-state index in [-0.39, 0.29) is 6.61 Å². The van der Waals surface area contributed by atoms with Crippen molar-refractivity contribution in [1.29, 1.82) is 0 Å². The SMILES string of the molecule is Cc1ccc(-c2c(COC3=Cc4ccccc4CC3C(=O)Cl)c(C)nc(CC(C)C)c2CN)cc1. The Bertz CT molecular complexity index is 1260. The zero-order valence-electron chi connectivity index (χ0n) is 20.9. The van der Waals surface area contributed by atoms with Gasteiger partial charge in [0.2, 0.25) is 5.24 Å². The molecule has 2 aromatic carbocycles. The van der Waals surface area contributed by atoms with Crippen LogP contribution < -0.4 is 5.73 Å². The van der Waals surface area contributed by atoms with Gasteiger partial charge in [0.1, 0.15) is 12.4 Å². The number of pyridine rings is 1. The summed E-state index contributed by atoms with van der Waals surface area (Å²) in [6.07, 6.45) is 3.33. The average molecular weight is 489 g/mol. The van der Waals surface area contributed by atoms with Crippen molar-refractivity contribution in [1.82, 2.24) is 4.98 Å². The molecular weight excluding hydrogens is 456 g/mol. The summed E-state index contributed by atoms with van der Waals surface area (Å²) in [4.78, 5) is 17.3. The molecule has 1 unspecified atom stereocenters. The summed E-state index contributed by atoms with van der Waals surface area (Å²) in [5.41, 5.74) is 15.8. The van der Waals surface area contributed by atoms with E-state index in [1.165, 1.54) is 5.56 Å². The van der Waals surface area contributed by atoms with Gasteiger partial charge in [0.25, 0.3) is 0 Å². The van der Waals surface area contributed by atoms with E-state index in [1.54, 1.807) is 0 Å². The van der Waals surface area contributed by atoms with E-state index in [0.717, 1.165) is 51.2 Å². The molecule has 1 heterocycles. The molecule has 5 heteroatoms. The minimum Gasteiger partial charge on any atom is -0.492 e. The lowest BCUT2D eigenvalue weighted by molar-refractivity contribution is -0.115. The number of aromatic nitrogens is 1. The van der Waals surface area contributed by atoms with Crippen LogP contribution in [0.4, 0.5) is 0 Å². The first kappa shape index (κ1) is 25.2. The predicted molar refractivity (Wildman–Crippen MR) is 143 cm³/mol. The molecule has 1 aromatic heterocycles. The lowest BCUT2D eigenvalue weighted by Crippen LogP contribution is -2.21. The molecule has 0 spiro atoms. The largest absolute Gasteiger partial charge is 0.492 e. The van der Waals surface area contributed by atoms with Crippen molar-refractivity contribution in [2.24, 2.45) is 17.6 Å². The lowest BCUT2D eigenvalue weighted by atomic mass is 9.88. The fourth-order valence-electron chi connectivity index (χ4n) is 4.79. The molecule has 0 amide bonds. The number of nitrogens with two attached hydrogens (primary N) is 1. The first-order valence-corrected chi connectivity index (χ1v) is 12.6. The van der Waals surface area contributed by atoms with Gasteiger partial charge in [-0.1, -0.05) is 67.9 Å². The van der Waals surface area contributed by atoms with Gasteiger partial charge in [-0.05, 0) is 78.1 Å². The van der Waals surface area contributed by atoms with E-state index in [4.69, 9.17) is 27.1 Å². The van der Waals surface area contributed by atoms with Gasteiger partial charge in [0.15, 0.2) is 0 Å². The number of carbonyl (C=O) groups excluding carboxylic acids is 1. The fraction of sp³-hybridized carbons (Fsp3) is 0.333. The van der Waals surface area contributed by atoms with Crippen LogP contribution in [-0.2, 0) is 35.5 Å². The van der Waals surface area contributed by atoms with Gasteiger partial charge in [-0.15, -0.1) is 0 Å². The van der Waals surface area contributed by atoms with Crippen molar-refractivity contribution in [3.8, 4) is 11.1 Å². The minimum absolute atomic E-state index is 0.283. The summed E-state index contributed by atoms with van der Waals surface area (Å²) >= 11 is 6.00. The van der Waals surface area contributed by atoms with Gasteiger partial charge in [-0.2, -0.15) is 0 Å². The van der Waals surface area contributed by atoms with Gasteiger partial charge < -0.3 is 10.5 Å². The van der Waals surface area contributed by atoms with Crippen LogP contribution in [0, 0.1) is 25.7 Å². The van der Waals surface area contributed by atoms with Gasteiger partial charge in [-0.3, -0.25) is 9.78 Å². The summed E-state index contributed by atoms with van der Waals surface area (Å²) in [5, 5.41) is -0.408. The molecule has 4 rings (SSSR count). The quantitative estimate of drug-likeness (QED) is 0.366. The molecule has 1 atom stereocenters. The molecule has 0 bridgehead atoms. The highest BCUT2D eigenvalue weighted by molar-refractivity contribution is 6.64. The van der Waals surface area contributed by atoms with Crippen molar-refractivity contribution < 1.29 is 9.53 Å². The van der Waals surface area contributed by atoms with Crippen LogP contribution in [0.1, 0.15) is 53.1 Å². The predicted octanol–water partition coefficient (Wildman–Crippen LogP) is 6.52. The first-order valence-electron chi connectivity index (χ1n) is 12.2. The standard InChI is InChI=1S/C30H33ClN2O2/c1-18(2)13-27-25(16-32)29(21-11-9-19(3)10-12-21)26(20(4)33-27)17-35-28-15-23-8-6-5-7-22(23)14-24(28)30(31)34/h5-12,15,18,24H,13-14,16-17,32H2,1-4H3. The normalized spacial score (nSPS) is 15.1. The molecule has 2 N–H and O–H groups in total. The van der Waals surface area contributed by atoms with E-state index >= 15 is 0 Å². The molecule has 0 aliphatic heterocycles. The summed E-state index contributed by atoms with van der Waals surface area (Å²) in [6.45, 7) is 9.16. The summed E-state index contributed by atoms with van der Waals surface area (Å²) in [6, 6.07) is 16.5. The number of fused-ring (bicyclic) bond motifs is 1. The van der Waals surface area contributed by atoms with E-state index in [0.29, 0.717) is 24.6 Å². The van der Waals surface area contributed by atoms with Crippen molar-refractivity contribution in [2.75, 3.05) is 0 Å². The first-order chi connectivity index (χ1) is 16.8. The Labute approximate surface area is 213 Å². The number of aryl methyl sites for hydroxylation is 2. The maximum Gasteiger partial charge on any atom is 0.232 e. The molecule has 0 saturated heterocycles. The van der Waals surface area contributed by atoms with Crippen LogP contribution >= 0.6 is 11.6 Å². The molecule has 0 saturated carbocycles. The zero-order chi connectivity index (χ0) is 25.1. The monoisotopic (exact) mass is 488 g/mol. The molecule has 4 nitrogen and oxygen atoms in total. The van der Waals surface area contributed by atoms with E-state index in [1.807, 2.05) is 37.3 Å². The Hall–Kier alpha value is -2.95. The number of ether oxygens (including phenoxy) is 1. The third-order valence-corrected chi connectivity index (χ3v) is 6.88. The molecule has 0 radical (unpaired) electrons. The van der Waals surface area contributed by atoms with Gasteiger partial charge in [-0.25, -0.2) is 0 Å². The van der Waals surface area contributed by atoms with Crippen molar-refractivity contribution in [3.05, 3.63) is 93.5 Å². The summed E-state index contributed by atoms with van der Waals surface area (Å²) in [5.74, 6) is 0.554. The Morgan fingerprint density at radius 2 is 1.83 bits per heavy atom. The topological polar surface area (TPSA) is 65.2 Å². The summed E-state index contributed by atoms with van der Waals surface area (Å²) < 4.78 is 6.36. The maximum absolute atomic E-state index is 12.3. The third-order valence-electron chi connectivity index (χ3n) is 6.61. The van der Waals surface area contributed by atoms with Crippen molar-refractivity contribution in [2.45, 2.75) is 53.7 Å². The number of nitrogens with zero attached hydrogens (tertiary/aromatic N) is 1. The van der Waals surface area contributed by atoms with Crippen LogP contribution in [0.15, 0.2) is 54.3 Å². The van der Waals surface area contributed by atoms with E-state index < -0.39 is 11.2 Å². The van der Waals surface area contributed by atoms with Crippen LogP contribution in [-0.4, -0.2) is 10.2 Å². The van der Waals surface area contributed by atoms with Gasteiger partial charge in [0.05, 0.1) is 5.92 Å². The molecular formula is C30H33ClN2O2. The number of hydrogen-bond acceptors (Lipinski definition) is 4. The van der Waals surface area contributed by atoms with Crippen LogP contribution in [0.3, 0.4) is 0 Å². The van der Waals surface area contributed by atoms with Gasteiger partial charge >= 0.3 is 0 Å². The Morgan fingerprint density at radius 3 is 2.49 bits per heavy atom. The minimum atomic E-state index is -0.503. The van der Waals surface area contributed by atoms with Crippen LogP contribution in [0.25, 0.3) is 17.2 Å². The lowest BCUT2D eigenvalue weighted by Gasteiger charge is -2.25. The maximum atomic E-state index is 12.3. The number of halogens is 1. The Kier molecular flexibility index (Phi) is 7.73. The molecule has 1 aliphatic rings. The second-order valence-electron chi connectivity index (χ2n) is 9.74. The molecule has 3 aromatic rings. The number of benzene rings is 2. The molecule has 35 heavy (non-hydrogen) atoms. The number of hydrogen-bond donors (Lipinski definition) is 1. The number of rotatable bonds is 8.